The van der Waals surface area contributed by atoms with Crippen molar-refractivity contribution in [1.29, 1.82) is 0 Å². The first kappa shape index (κ1) is 12.6. The van der Waals surface area contributed by atoms with Crippen LogP contribution in [0.5, 0.6) is 0 Å². The van der Waals surface area contributed by atoms with E-state index < -0.39 is 0 Å². The fourth-order valence-corrected chi connectivity index (χ4v) is 2.83. The molecule has 0 aromatic heterocycles. The van der Waals surface area contributed by atoms with Gasteiger partial charge in [0, 0.05) is 13.2 Å². The molecule has 0 bridgehead atoms. The van der Waals surface area contributed by atoms with E-state index in [2.05, 4.69) is 36.5 Å². The number of likely N-dealkylation sites (N-methyl/N-ethyl adjacent to an activating group) is 1. The first-order chi connectivity index (χ1) is 8.22. The van der Waals surface area contributed by atoms with Gasteiger partial charge in [-0.1, -0.05) is 24.3 Å². The van der Waals surface area contributed by atoms with Crippen molar-refractivity contribution in [3.05, 3.63) is 35.4 Å². The van der Waals surface area contributed by atoms with Crippen LogP contribution in [0.2, 0.25) is 0 Å². The molecule has 1 fully saturated rings. The number of benzene rings is 1. The van der Waals surface area contributed by atoms with Crippen molar-refractivity contribution < 1.29 is 4.74 Å². The van der Waals surface area contributed by atoms with Crippen molar-refractivity contribution in [2.24, 2.45) is 0 Å². The average molecular weight is 233 g/mol. The molecule has 0 heterocycles. The van der Waals surface area contributed by atoms with E-state index in [-0.39, 0.29) is 5.60 Å². The van der Waals surface area contributed by atoms with E-state index in [0.29, 0.717) is 6.04 Å². The Morgan fingerprint density at radius 3 is 2.53 bits per heavy atom. The van der Waals surface area contributed by atoms with Crippen molar-refractivity contribution >= 4 is 0 Å². The van der Waals surface area contributed by atoms with E-state index in [1.165, 1.54) is 30.4 Å². The summed E-state index contributed by atoms with van der Waals surface area (Å²) in [6.07, 6.45) is 4.71. The van der Waals surface area contributed by atoms with Crippen LogP contribution in [-0.2, 0) is 11.2 Å². The molecule has 1 atom stereocenters. The third-order valence-corrected chi connectivity index (χ3v) is 4.28. The lowest BCUT2D eigenvalue weighted by atomic mass is 9.72. The third kappa shape index (κ3) is 2.38. The van der Waals surface area contributed by atoms with Gasteiger partial charge in [0.2, 0.25) is 0 Å². The summed E-state index contributed by atoms with van der Waals surface area (Å²) in [5.74, 6) is 0. The maximum atomic E-state index is 5.78. The Bertz CT molecular complexity index is 365. The monoisotopic (exact) mass is 233 g/mol. The fourth-order valence-electron chi connectivity index (χ4n) is 2.83. The van der Waals surface area contributed by atoms with Gasteiger partial charge in [0.05, 0.1) is 5.60 Å². The van der Waals surface area contributed by atoms with Gasteiger partial charge < -0.3 is 10.1 Å². The second-order valence-electron chi connectivity index (χ2n) is 5.09. The molecule has 0 spiro atoms. The van der Waals surface area contributed by atoms with Crippen LogP contribution in [0, 0.1) is 6.92 Å². The number of hydrogen-bond donors (Lipinski definition) is 1. The summed E-state index contributed by atoms with van der Waals surface area (Å²) in [5.41, 5.74) is 2.87. The zero-order valence-electron chi connectivity index (χ0n) is 11.1. The Morgan fingerprint density at radius 1 is 1.35 bits per heavy atom. The van der Waals surface area contributed by atoms with E-state index >= 15 is 0 Å². The molecule has 1 unspecified atom stereocenters. The van der Waals surface area contributed by atoms with Crippen molar-refractivity contribution in [2.75, 3.05) is 14.2 Å². The molecular weight excluding hydrogens is 210 g/mol. The lowest BCUT2D eigenvalue weighted by Gasteiger charge is -2.46. The van der Waals surface area contributed by atoms with Crippen LogP contribution in [0.15, 0.2) is 24.3 Å². The standard InChI is InChI=1S/C15H23NO/c1-12-7-4-5-8-13(12)11-14(16-2)15(17-3)9-6-10-15/h4-5,7-8,14,16H,6,9-11H2,1-3H3. The highest BCUT2D eigenvalue weighted by Gasteiger charge is 2.43. The highest BCUT2D eigenvalue weighted by Crippen LogP contribution is 2.39. The number of methoxy groups -OCH3 is 1. The summed E-state index contributed by atoms with van der Waals surface area (Å²) in [6, 6.07) is 9.05. The SMILES string of the molecule is CNC(Cc1ccccc1C)C1(OC)CCC1. The Kier molecular flexibility index (Phi) is 3.85. The quantitative estimate of drug-likeness (QED) is 0.844. The maximum absolute atomic E-state index is 5.78. The molecule has 0 radical (unpaired) electrons. The second-order valence-corrected chi connectivity index (χ2v) is 5.09. The lowest BCUT2D eigenvalue weighted by molar-refractivity contribution is -0.0966. The number of rotatable bonds is 5. The van der Waals surface area contributed by atoms with Gasteiger partial charge in [-0.2, -0.15) is 0 Å². The first-order valence-electron chi connectivity index (χ1n) is 6.49. The van der Waals surface area contributed by atoms with Crippen LogP contribution in [0.4, 0.5) is 0 Å². The number of hydrogen-bond acceptors (Lipinski definition) is 2. The van der Waals surface area contributed by atoms with E-state index in [1.807, 2.05) is 14.2 Å². The summed E-state index contributed by atoms with van der Waals surface area (Å²) in [7, 11) is 3.89. The topological polar surface area (TPSA) is 21.3 Å². The van der Waals surface area contributed by atoms with Crippen molar-refractivity contribution in [3.8, 4) is 0 Å². The number of nitrogens with one attached hydrogen (secondary N) is 1. The lowest BCUT2D eigenvalue weighted by Crippen LogP contribution is -2.56. The normalized spacial score (nSPS) is 19.7. The fraction of sp³-hybridized carbons (Fsp3) is 0.600. The van der Waals surface area contributed by atoms with Crippen LogP contribution >= 0.6 is 0 Å². The zero-order chi connectivity index (χ0) is 12.3. The summed E-state index contributed by atoms with van der Waals surface area (Å²) < 4.78 is 5.78. The average Bonchev–Trinajstić information content (AvgIpc) is 2.29. The molecule has 17 heavy (non-hydrogen) atoms. The molecular formula is C15H23NO. The predicted octanol–water partition coefficient (Wildman–Crippen LogP) is 2.69. The minimum atomic E-state index is 0.0665. The first-order valence-corrected chi connectivity index (χ1v) is 6.49. The van der Waals surface area contributed by atoms with E-state index in [4.69, 9.17) is 4.74 Å². The zero-order valence-corrected chi connectivity index (χ0v) is 11.1. The van der Waals surface area contributed by atoms with Crippen molar-refractivity contribution in [1.82, 2.24) is 5.32 Å². The van der Waals surface area contributed by atoms with Gasteiger partial charge >= 0.3 is 0 Å². The Labute approximate surface area is 104 Å². The van der Waals surface area contributed by atoms with Gasteiger partial charge in [-0.05, 0) is 50.8 Å². The smallest absolute Gasteiger partial charge is 0.0834 e. The molecule has 1 aliphatic rings. The van der Waals surface area contributed by atoms with Crippen LogP contribution in [0.25, 0.3) is 0 Å². The third-order valence-electron chi connectivity index (χ3n) is 4.28. The van der Waals surface area contributed by atoms with Gasteiger partial charge in [-0.25, -0.2) is 0 Å². The van der Waals surface area contributed by atoms with Crippen LogP contribution in [0.3, 0.4) is 0 Å². The molecule has 0 amide bonds. The Hall–Kier alpha value is -0.860. The van der Waals surface area contributed by atoms with Crippen LogP contribution in [-0.4, -0.2) is 25.8 Å². The minimum Gasteiger partial charge on any atom is -0.377 e. The molecule has 1 N–H and O–H groups in total. The molecule has 2 rings (SSSR count). The Balaban J connectivity index is 2.13. The van der Waals surface area contributed by atoms with Gasteiger partial charge in [0.1, 0.15) is 0 Å². The predicted molar refractivity (Wildman–Crippen MR) is 71.3 cm³/mol. The number of aryl methyl sites for hydroxylation is 1. The maximum Gasteiger partial charge on any atom is 0.0834 e. The molecule has 0 saturated heterocycles. The van der Waals surface area contributed by atoms with Crippen LogP contribution < -0.4 is 5.32 Å². The van der Waals surface area contributed by atoms with E-state index in [0.717, 1.165) is 6.42 Å². The van der Waals surface area contributed by atoms with Gasteiger partial charge in [0.15, 0.2) is 0 Å². The summed E-state index contributed by atoms with van der Waals surface area (Å²) in [6.45, 7) is 2.18. The van der Waals surface area contributed by atoms with Crippen molar-refractivity contribution in [2.45, 2.75) is 44.2 Å². The van der Waals surface area contributed by atoms with Gasteiger partial charge in [-0.15, -0.1) is 0 Å². The molecule has 1 aliphatic carbocycles. The van der Waals surface area contributed by atoms with Crippen molar-refractivity contribution in [3.63, 3.8) is 0 Å². The van der Waals surface area contributed by atoms with Crippen LogP contribution in [0.1, 0.15) is 30.4 Å². The number of ether oxygens (including phenoxy) is 1. The molecule has 2 nitrogen and oxygen atoms in total. The highest BCUT2D eigenvalue weighted by atomic mass is 16.5. The van der Waals surface area contributed by atoms with E-state index in [9.17, 15) is 0 Å². The summed E-state index contributed by atoms with van der Waals surface area (Å²) in [5, 5.41) is 3.45. The second kappa shape index (κ2) is 5.19. The molecule has 2 heteroatoms. The highest BCUT2D eigenvalue weighted by molar-refractivity contribution is 5.27. The molecule has 1 saturated carbocycles. The Morgan fingerprint density at radius 2 is 2.06 bits per heavy atom. The molecule has 1 aromatic carbocycles. The largest absolute Gasteiger partial charge is 0.377 e. The summed E-state index contributed by atoms with van der Waals surface area (Å²) >= 11 is 0. The summed E-state index contributed by atoms with van der Waals surface area (Å²) in [4.78, 5) is 0. The van der Waals surface area contributed by atoms with Gasteiger partial charge in [0.25, 0.3) is 0 Å². The minimum absolute atomic E-state index is 0.0665. The molecule has 94 valence electrons. The van der Waals surface area contributed by atoms with E-state index in [1.54, 1.807) is 0 Å². The van der Waals surface area contributed by atoms with Gasteiger partial charge in [-0.3, -0.25) is 0 Å². The molecule has 1 aromatic rings. The molecule has 0 aliphatic heterocycles.